The molecule has 0 aromatic heterocycles. The number of methoxy groups -OCH3 is 1. The molecule has 0 aliphatic heterocycles. The van der Waals surface area contributed by atoms with Crippen LogP contribution in [0, 0.1) is 17.6 Å². The van der Waals surface area contributed by atoms with E-state index >= 15 is 0 Å². The number of benzene rings is 2. The molecule has 0 aliphatic carbocycles. The maximum Gasteiger partial charge on any atom is 0.162 e. The van der Waals surface area contributed by atoms with Crippen LogP contribution >= 0.6 is 0 Å². The Hall–Kier alpha value is -1.94. The summed E-state index contributed by atoms with van der Waals surface area (Å²) in [7, 11) is 1.61. The third-order valence-electron chi connectivity index (χ3n) is 3.53. The van der Waals surface area contributed by atoms with Crippen molar-refractivity contribution in [2.45, 2.75) is 12.8 Å². The van der Waals surface area contributed by atoms with Crippen molar-refractivity contribution in [2.75, 3.05) is 13.7 Å². The van der Waals surface area contributed by atoms with Crippen LogP contribution in [-0.4, -0.2) is 13.7 Å². The largest absolute Gasteiger partial charge is 0.497 e. The summed E-state index contributed by atoms with van der Waals surface area (Å²) in [5, 5.41) is 0. The number of hydrogen-bond donors (Lipinski definition) is 1. The fraction of sp³-hybridized carbons (Fsp3) is 0.294. The maximum absolute atomic E-state index is 13.7. The molecule has 2 aromatic rings. The molecule has 0 amide bonds. The van der Waals surface area contributed by atoms with Gasteiger partial charge in [0.15, 0.2) is 11.6 Å². The predicted octanol–water partition coefficient (Wildman–Crippen LogP) is 3.33. The zero-order valence-corrected chi connectivity index (χ0v) is 12.0. The first-order chi connectivity index (χ1) is 10.1. The topological polar surface area (TPSA) is 35.2 Å². The van der Waals surface area contributed by atoms with E-state index in [0.717, 1.165) is 17.4 Å². The number of halogens is 2. The number of rotatable bonds is 6. The normalized spacial score (nSPS) is 12.2. The first-order valence-corrected chi connectivity index (χ1v) is 6.90. The molecular formula is C17H19F2NO. The second-order valence-corrected chi connectivity index (χ2v) is 5.07. The van der Waals surface area contributed by atoms with E-state index in [4.69, 9.17) is 10.5 Å². The van der Waals surface area contributed by atoms with E-state index in [1.54, 1.807) is 13.2 Å². The lowest BCUT2D eigenvalue weighted by molar-refractivity contribution is 0.413. The standard InChI is InChI=1S/C17H19F2NO/c1-21-15-6-2-4-12(10-15)8-13(11-20)9-14-5-3-7-16(18)17(14)19/h2-7,10,13H,8-9,11,20H2,1H3. The van der Waals surface area contributed by atoms with Crippen LogP contribution in [0.3, 0.4) is 0 Å². The molecule has 0 spiro atoms. The smallest absolute Gasteiger partial charge is 0.162 e. The minimum Gasteiger partial charge on any atom is -0.497 e. The van der Waals surface area contributed by atoms with Crippen molar-refractivity contribution in [1.29, 1.82) is 0 Å². The van der Waals surface area contributed by atoms with Gasteiger partial charge < -0.3 is 10.5 Å². The lowest BCUT2D eigenvalue weighted by Gasteiger charge is -2.16. The Morgan fingerprint density at radius 2 is 1.86 bits per heavy atom. The van der Waals surface area contributed by atoms with Gasteiger partial charge in [0.25, 0.3) is 0 Å². The van der Waals surface area contributed by atoms with Crippen LogP contribution in [0.1, 0.15) is 11.1 Å². The molecule has 0 saturated carbocycles. The van der Waals surface area contributed by atoms with Gasteiger partial charge in [-0.2, -0.15) is 0 Å². The van der Waals surface area contributed by atoms with Crippen molar-refractivity contribution in [1.82, 2.24) is 0 Å². The highest BCUT2D eigenvalue weighted by Gasteiger charge is 2.14. The van der Waals surface area contributed by atoms with Gasteiger partial charge in [-0.05, 0) is 54.6 Å². The minimum absolute atomic E-state index is 0.0495. The molecule has 2 rings (SSSR count). The molecule has 1 unspecified atom stereocenters. The number of ether oxygens (including phenoxy) is 1. The Morgan fingerprint density at radius 1 is 1.10 bits per heavy atom. The van der Waals surface area contributed by atoms with Crippen molar-refractivity contribution >= 4 is 0 Å². The van der Waals surface area contributed by atoms with Crippen LogP contribution < -0.4 is 10.5 Å². The molecule has 0 heterocycles. The van der Waals surface area contributed by atoms with Crippen molar-refractivity contribution < 1.29 is 13.5 Å². The monoisotopic (exact) mass is 291 g/mol. The van der Waals surface area contributed by atoms with Crippen molar-refractivity contribution in [2.24, 2.45) is 11.7 Å². The van der Waals surface area contributed by atoms with Gasteiger partial charge in [-0.1, -0.05) is 24.3 Å². The average Bonchev–Trinajstić information content (AvgIpc) is 2.51. The Morgan fingerprint density at radius 3 is 2.57 bits per heavy atom. The maximum atomic E-state index is 13.7. The Balaban J connectivity index is 2.11. The second kappa shape index (κ2) is 7.18. The molecule has 21 heavy (non-hydrogen) atoms. The summed E-state index contributed by atoms with van der Waals surface area (Å²) >= 11 is 0. The fourth-order valence-corrected chi connectivity index (χ4v) is 2.39. The summed E-state index contributed by atoms with van der Waals surface area (Å²) < 4.78 is 32.1. The Bertz CT molecular complexity index is 601. The predicted molar refractivity (Wildman–Crippen MR) is 79.3 cm³/mol. The van der Waals surface area contributed by atoms with E-state index in [2.05, 4.69) is 0 Å². The summed E-state index contributed by atoms with van der Waals surface area (Å²) in [4.78, 5) is 0. The van der Waals surface area contributed by atoms with Crippen LogP contribution in [0.5, 0.6) is 5.75 Å². The van der Waals surface area contributed by atoms with Gasteiger partial charge >= 0.3 is 0 Å². The van der Waals surface area contributed by atoms with Crippen LogP contribution in [0.25, 0.3) is 0 Å². The van der Waals surface area contributed by atoms with Crippen LogP contribution in [0.2, 0.25) is 0 Å². The zero-order chi connectivity index (χ0) is 15.2. The third kappa shape index (κ3) is 4.02. The number of nitrogens with two attached hydrogens (primary N) is 1. The SMILES string of the molecule is COc1cccc(CC(CN)Cc2cccc(F)c2F)c1. The summed E-state index contributed by atoms with van der Waals surface area (Å²) in [5.41, 5.74) is 7.22. The molecule has 1 atom stereocenters. The molecule has 0 radical (unpaired) electrons. The van der Waals surface area contributed by atoms with E-state index in [0.29, 0.717) is 24.9 Å². The van der Waals surface area contributed by atoms with Crippen LogP contribution in [-0.2, 0) is 12.8 Å². The lowest BCUT2D eigenvalue weighted by atomic mass is 9.92. The molecule has 4 heteroatoms. The van der Waals surface area contributed by atoms with Crippen LogP contribution in [0.15, 0.2) is 42.5 Å². The van der Waals surface area contributed by atoms with Gasteiger partial charge in [0.05, 0.1) is 7.11 Å². The first kappa shape index (κ1) is 15.4. The van der Waals surface area contributed by atoms with Crippen LogP contribution in [0.4, 0.5) is 8.78 Å². The van der Waals surface area contributed by atoms with Gasteiger partial charge in [0.2, 0.25) is 0 Å². The Labute approximate surface area is 123 Å². The van der Waals surface area contributed by atoms with Crippen molar-refractivity contribution in [3.05, 3.63) is 65.2 Å². The van der Waals surface area contributed by atoms with Gasteiger partial charge in [-0.15, -0.1) is 0 Å². The molecule has 2 nitrogen and oxygen atoms in total. The molecule has 0 bridgehead atoms. The van der Waals surface area contributed by atoms with E-state index in [1.807, 2.05) is 24.3 Å². The molecule has 112 valence electrons. The average molecular weight is 291 g/mol. The molecular weight excluding hydrogens is 272 g/mol. The number of hydrogen-bond acceptors (Lipinski definition) is 2. The summed E-state index contributed by atoms with van der Waals surface area (Å²) in [5.74, 6) is -0.764. The molecule has 2 aromatic carbocycles. The van der Waals surface area contributed by atoms with Gasteiger partial charge in [0.1, 0.15) is 5.75 Å². The highest BCUT2D eigenvalue weighted by molar-refractivity contribution is 5.29. The van der Waals surface area contributed by atoms with Gasteiger partial charge in [-0.25, -0.2) is 8.78 Å². The Kier molecular flexibility index (Phi) is 5.28. The van der Waals surface area contributed by atoms with E-state index < -0.39 is 11.6 Å². The lowest BCUT2D eigenvalue weighted by Crippen LogP contribution is -2.20. The summed E-state index contributed by atoms with van der Waals surface area (Å²) in [6, 6.07) is 11.9. The van der Waals surface area contributed by atoms with Crippen molar-refractivity contribution in [3.8, 4) is 5.75 Å². The first-order valence-electron chi connectivity index (χ1n) is 6.90. The van der Waals surface area contributed by atoms with Gasteiger partial charge in [-0.3, -0.25) is 0 Å². The minimum atomic E-state index is -0.815. The van der Waals surface area contributed by atoms with E-state index in [-0.39, 0.29) is 5.92 Å². The van der Waals surface area contributed by atoms with Gasteiger partial charge in [0, 0.05) is 0 Å². The third-order valence-corrected chi connectivity index (χ3v) is 3.53. The zero-order valence-electron chi connectivity index (χ0n) is 12.0. The molecule has 2 N–H and O–H groups in total. The molecule has 0 saturated heterocycles. The second-order valence-electron chi connectivity index (χ2n) is 5.07. The summed E-state index contributed by atoms with van der Waals surface area (Å²) in [6.07, 6.45) is 1.11. The summed E-state index contributed by atoms with van der Waals surface area (Å²) in [6.45, 7) is 0.410. The highest BCUT2D eigenvalue weighted by atomic mass is 19.2. The quantitative estimate of drug-likeness (QED) is 0.886. The fourth-order valence-electron chi connectivity index (χ4n) is 2.39. The van der Waals surface area contributed by atoms with E-state index in [9.17, 15) is 8.78 Å². The molecule has 0 aliphatic rings. The van der Waals surface area contributed by atoms with Crippen molar-refractivity contribution in [3.63, 3.8) is 0 Å². The van der Waals surface area contributed by atoms with E-state index in [1.165, 1.54) is 6.07 Å². The molecule has 0 fully saturated rings. The highest BCUT2D eigenvalue weighted by Crippen LogP contribution is 2.20.